The normalized spacial score (nSPS) is 16.2. The van der Waals surface area contributed by atoms with Gasteiger partial charge in [0, 0.05) is 124 Å². The number of fused-ring (bicyclic) bond motifs is 6. The van der Waals surface area contributed by atoms with Gasteiger partial charge < -0.3 is 14.2 Å². The molecule has 662 valence electrons. The molecule has 0 fully saturated rings. The smallest absolute Gasteiger partial charge is 0.261 e. The van der Waals surface area contributed by atoms with Crippen molar-refractivity contribution in [1.29, 1.82) is 0 Å². The number of hydrogen-bond donors (Lipinski definition) is 0. The summed E-state index contributed by atoms with van der Waals surface area (Å²) in [5, 5.41) is 15.5. The van der Waals surface area contributed by atoms with E-state index in [0.29, 0.717) is 156 Å². The molecule has 12 amide bonds. The SMILES string of the molecule is CCC(COCC(C)N1C(=O)c2ccc3c4ccc5c6c(ccc(c7ccc(c2c37)C1=O)c64)C(=O)N(CCc1ccc(F)cc1)C5=O)(COCC(C)N1C(=O)c2ccc3c4ccc5c6c(ccc(c7ccc(c2c37)C1=O)c64)C(=O)N(CCc1ccc(F)cc1)C5=O)COCC(C)N1C(=O)c2ccc3c4ccc5c6c(ccc(c7ccc(c2c37)C1=O)c64)C(=O)N(CCc1ccc(F)cc1)C5=O. The quantitative estimate of drug-likeness (QED) is 0.0293. The van der Waals surface area contributed by atoms with Gasteiger partial charge in [-0.3, -0.25) is 86.9 Å². The van der Waals surface area contributed by atoms with Crippen LogP contribution in [0.3, 0.4) is 0 Å². The second kappa shape index (κ2) is 30.5. The van der Waals surface area contributed by atoms with Crippen LogP contribution in [0.2, 0.25) is 0 Å². The van der Waals surface area contributed by atoms with E-state index in [4.69, 9.17) is 14.2 Å². The maximum atomic E-state index is 15.3. The van der Waals surface area contributed by atoms with Gasteiger partial charge in [0.05, 0.1) is 57.8 Å². The number of amides is 12. The fourth-order valence-corrected chi connectivity index (χ4v) is 22.5. The highest BCUT2D eigenvalue weighted by Gasteiger charge is 2.46. The molecule has 24 rings (SSSR count). The Hall–Kier alpha value is -15.6. The Morgan fingerprint density at radius 1 is 0.230 bits per heavy atom. The highest BCUT2D eigenvalue weighted by atomic mass is 19.1. The van der Waals surface area contributed by atoms with Gasteiger partial charge in [-0.1, -0.05) is 116 Å². The second-order valence-electron chi connectivity index (χ2n) is 36.7. The predicted octanol–water partition coefficient (Wildman–Crippen LogP) is 19.6. The molecule has 18 aromatic carbocycles. The van der Waals surface area contributed by atoms with E-state index in [9.17, 15) is 41.9 Å². The molecule has 0 saturated carbocycles. The summed E-state index contributed by atoms with van der Waals surface area (Å²) in [5.41, 5.74) is 4.96. The number of rotatable bonds is 25. The van der Waals surface area contributed by atoms with Crippen LogP contribution in [0.4, 0.5) is 13.2 Å². The van der Waals surface area contributed by atoms with Gasteiger partial charge in [0.2, 0.25) is 0 Å². The number of hydrogen-bond acceptors (Lipinski definition) is 15. The number of carbonyl (C=O) groups excluding carboxylic acids is 12. The Kier molecular flexibility index (Phi) is 18.6. The highest BCUT2D eigenvalue weighted by Crippen LogP contribution is 2.52. The fraction of sp³-hybridized carbons (Fsp3) is 0.189. The van der Waals surface area contributed by atoms with Crippen molar-refractivity contribution in [1.82, 2.24) is 29.4 Å². The molecule has 6 heterocycles. The summed E-state index contributed by atoms with van der Waals surface area (Å²) in [7, 11) is 0. The van der Waals surface area contributed by atoms with Crippen LogP contribution in [-0.4, -0.2) is 178 Å². The first-order chi connectivity index (χ1) is 65.4. The van der Waals surface area contributed by atoms with E-state index in [2.05, 4.69) is 0 Å². The number of benzene rings is 18. The zero-order chi connectivity index (χ0) is 92.6. The van der Waals surface area contributed by atoms with Gasteiger partial charge in [-0.15, -0.1) is 0 Å². The molecule has 6 aliphatic heterocycles. The van der Waals surface area contributed by atoms with Crippen molar-refractivity contribution in [3.05, 3.63) is 319 Å². The largest absolute Gasteiger partial charge is 0.379 e. The lowest BCUT2D eigenvalue weighted by Gasteiger charge is -2.37. The van der Waals surface area contributed by atoms with E-state index < -0.39 is 112 Å². The van der Waals surface area contributed by atoms with Crippen LogP contribution in [0.5, 0.6) is 0 Å². The molecule has 21 nitrogen and oxygen atoms in total. The highest BCUT2D eigenvalue weighted by molar-refractivity contribution is 6.46. The van der Waals surface area contributed by atoms with Crippen LogP contribution >= 0.6 is 0 Å². The van der Waals surface area contributed by atoms with Crippen LogP contribution in [0.25, 0.3) is 129 Å². The molecule has 18 aromatic rings. The van der Waals surface area contributed by atoms with E-state index in [0.717, 1.165) is 49.0 Å². The molecule has 0 aromatic heterocycles. The number of ether oxygens (including phenoxy) is 3. The van der Waals surface area contributed by atoms with Crippen molar-refractivity contribution in [3.8, 4) is 0 Å². The third kappa shape index (κ3) is 12.0. The molecule has 3 unspecified atom stereocenters. The molecule has 0 N–H and O–H groups in total. The molecule has 0 spiro atoms. The number of carbonyl (C=O) groups is 12. The Bertz CT molecular complexity index is 7370. The zero-order valence-corrected chi connectivity index (χ0v) is 73.1. The van der Waals surface area contributed by atoms with Crippen LogP contribution < -0.4 is 0 Å². The van der Waals surface area contributed by atoms with E-state index in [1.54, 1.807) is 130 Å². The fourth-order valence-electron chi connectivity index (χ4n) is 22.5. The summed E-state index contributed by atoms with van der Waals surface area (Å²) in [6.45, 7) is 6.41. The Morgan fingerprint density at radius 3 is 0.556 bits per heavy atom. The average Bonchev–Trinajstić information content (AvgIpc) is 0.695. The molecule has 0 bridgehead atoms. The first-order valence-corrected chi connectivity index (χ1v) is 45.2. The monoisotopic (exact) mass is 1790 g/mol. The van der Waals surface area contributed by atoms with Gasteiger partial charge in [-0.05, 0) is 269 Å². The maximum absolute atomic E-state index is 15.3. The second-order valence-corrected chi connectivity index (χ2v) is 36.7. The number of nitrogens with zero attached hydrogens (tertiary/aromatic N) is 6. The summed E-state index contributed by atoms with van der Waals surface area (Å²) < 4.78 is 61.7. The molecule has 0 radical (unpaired) electrons. The molecule has 0 saturated heterocycles. The van der Waals surface area contributed by atoms with Crippen molar-refractivity contribution in [2.24, 2.45) is 5.41 Å². The molecule has 0 aliphatic carbocycles. The molecule has 24 heteroatoms. The van der Waals surface area contributed by atoms with Crippen LogP contribution in [0, 0.1) is 22.9 Å². The van der Waals surface area contributed by atoms with Crippen molar-refractivity contribution in [3.63, 3.8) is 0 Å². The van der Waals surface area contributed by atoms with E-state index in [1.165, 1.54) is 65.8 Å². The molecule has 135 heavy (non-hydrogen) atoms. The van der Waals surface area contributed by atoms with Gasteiger partial charge in [0.15, 0.2) is 0 Å². The van der Waals surface area contributed by atoms with E-state index >= 15 is 28.8 Å². The van der Waals surface area contributed by atoms with Gasteiger partial charge in [-0.25, -0.2) is 13.2 Å². The summed E-state index contributed by atoms with van der Waals surface area (Å²) in [6, 6.07) is 57.7. The minimum atomic E-state index is -1.09. The van der Waals surface area contributed by atoms with Crippen LogP contribution in [-0.2, 0) is 33.5 Å². The lowest BCUT2D eigenvalue weighted by molar-refractivity contribution is -0.0841. The molecule has 6 aliphatic rings. The number of imide groups is 6. The van der Waals surface area contributed by atoms with Crippen molar-refractivity contribution >= 4 is 200 Å². The van der Waals surface area contributed by atoms with Gasteiger partial charge in [0.1, 0.15) is 17.5 Å². The molecular weight excluding hydrogens is 1710 g/mol. The first kappa shape index (κ1) is 82.5. The molecule has 3 atom stereocenters. The summed E-state index contributed by atoms with van der Waals surface area (Å²) in [6.07, 6.45) is 1.27. The van der Waals surface area contributed by atoms with Gasteiger partial charge >= 0.3 is 0 Å². The maximum Gasteiger partial charge on any atom is 0.261 e. The Morgan fingerprint density at radius 2 is 0.393 bits per heavy atom. The summed E-state index contributed by atoms with van der Waals surface area (Å²) in [5.74, 6) is -7.30. The number of halogens is 3. The van der Waals surface area contributed by atoms with Gasteiger partial charge in [-0.2, -0.15) is 0 Å². The standard InChI is InChI=1S/C111H77F3N6O15/c1-5-111(51-133-48-54(2)118-105(127)81-36-24-69-63-18-30-75-93-76(100(122)115(99(75)121)45-42-57-6-12-60(112)13-7-57)31-19-64(87(63)93)70-25-37-82(106(118)128)96(81)90(69)70,52-134-49-55(3)119-107(129)83-38-26-71-65-20-32-77-94-78(102(124)116(101(77)123)46-43-58-8-14-61(113)15-9-58)33-21-66(88(65)94)72-27-39-84(108(119)130)97(83)91(71)72)53-135-50-56(4)120-109(131)85-40-28-73-67-22-34-79-95-80(104(126)117(103(79)125)47-44-59-10-16-62(114)17-11-59)35-23-68(89(67)95)74-29-41-86(110(120)132)98(85)92(73)74/h6-41,54-56H,5,42-53H2,1-4H3. The van der Waals surface area contributed by atoms with E-state index in [-0.39, 0.29) is 92.7 Å². The zero-order valence-electron chi connectivity index (χ0n) is 73.1. The topological polar surface area (TPSA) is 252 Å². The summed E-state index contributed by atoms with van der Waals surface area (Å²) in [4.78, 5) is 185. The Labute approximate surface area is 765 Å². The lowest BCUT2D eigenvalue weighted by atomic mass is 9.82. The molecular formula is C111H77F3N6O15. The Balaban J connectivity index is 0.504. The van der Waals surface area contributed by atoms with Crippen molar-refractivity contribution < 1.29 is 84.9 Å². The average molecular weight is 1790 g/mol. The van der Waals surface area contributed by atoms with E-state index in [1.807, 2.05) is 79.7 Å². The van der Waals surface area contributed by atoms with Crippen molar-refractivity contribution in [2.75, 3.05) is 59.3 Å². The predicted molar refractivity (Wildman–Crippen MR) is 504 cm³/mol. The third-order valence-corrected chi connectivity index (χ3v) is 29.2. The minimum Gasteiger partial charge on any atom is -0.379 e. The lowest BCUT2D eigenvalue weighted by Crippen LogP contribution is -2.49. The van der Waals surface area contributed by atoms with Gasteiger partial charge in [0.25, 0.3) is 70.9 Å². The third-order valence-electron chi connectivity index (χ3n) is 29.2. The first-order valence-electron chi connectivity index (χ1n) is 45.2. The van der Waals surface area contributed by atoms with Crippen LogP contribution in [0.1, 0.15) is 175 Å². The minimum absolute atomic E-state index is 0.0755. The summed E-state index contributed by atoms with van der Waals surface area (Å²) >= 11 is 0. The van der Waals surface area contributed by atoms with Crippen LogP contribution in [0.15, 0.2) is 218 Å². The van der Waals surface area contributed by atoms with Crippen molar-refractivity contribution in [2.45, 2.75) is 71.5 Å².